The van der Waals surface area contributed by atoms with Gasteiger partial charge in [0.2, 0.25) is 0 Å². The number of carbonyl (C=O) groups is 2. The first-order chi connectivity index (χ1) is 8.46. The molecule has 1 aromatic carbocycles. The molecule has 0 radical (unpaired) electrons. The van der Waals surface area contributed by atoms with Crippen molar-refractivity contribution in [3.63, 3.8) is 0 Å². The zero-order valence-corrected chi connectivity index (χ0v) is 9.37. The predicted molar refractivity (Wildman–Crippen MR) is 58.0 cm³/mol. The summed E-state index contributed by atoms with van der Waals surface area (Å²) in [6, 6.07) is 3.20. The van der Waals surface area contributed by atoms with Gasteiger partial charge in [0.15, 0.2) is 11.6 Å². The van der Waals surface area contributed by atoms with Crippen LogP contribution in [0.2, 0.25) is 0 Å². The lowest BCUT2D eigenvalue weighted by Crippen LogP contribution is -2.59. The first-order valence-electron chi connectivity index (χ1n) is 5.46. The van der Waals surface area contributed by atoms with Gasteiger partial charge in [-0.2, -0.15) is 0 Å². The van der Waals surface area contributed by atoms with Gasteiger partial charge in [-0.25, -0.2) is 13.6 Å². The predicted octanol–water partition coefficient (Wildman–Crippen LogP) is 1.70. The fourth-order valence-electron chi connectivity index (χ4n) is 1.89. The lowest BCUT2D eigenvalue weighted by Gasteiger charge is -2.38. The van der Waals surface area contributed by atoms with Crippen LogP contribution in [0.15, 0.2) is 18.2 Å². The van der Waals surface area contributed by atoms with Crippen molar-refractivity contribution in [1.82, 2.24) is 5.32 Å². The lowest BCUT2D eigenvalue weighted by atomic mass is 9.76. The smallest absolute Gasteiger partial charge is 0.329 e. The number of amides is 1. The molecule has 6 heteroatoms. The number of carbonyl (C=O) groups excluding carboxylic acids is 1. The molecule has 0 aliphatic heterocycles. The van der Waals surface area contributed by atoms with E-state index in [1.54, 1.807) is 0 Å². The second kappa shape index (κ2) is 4.36. The lowest BCUT2D eigenvalue weighted by molar-refractivity contribution is -0.148. The highest BCUT2D eigenvalue weighted by Gasteiger charge is 2.46. The van der Waals surface area contributed by atoms with Crippen LogP contribution in [-0.4, -0.2) is 22.5 Å². The molecule has 1 aromatic rings. The highest BCUT2D eigenvalue weighted by atomic mass is 19.2. The van der Waals surface area contributed by atoms with Gasteiger partial charge in [0.25, 0.3) is 5.91 Å². The minimum Gasteiger partial charge on any atom is -0.480 e. The monoisotopic (exact) mass is 255 g/mol. The Balaban J connectivity index is 2.22. The number of rotatable bonds is 3. The van der Waals surface area contributed by atoms with Crippen LogP contribution in [0.5, 0.6) is 0 Å². The number of benzene rings is 1. The zero-order valence-electron chi connectivity index (χ0n) is 9.37. The van der Waals surface area contributed by atoms with Gasteiger partial charge in [0.1, 0.15) is 5.54 Å². The molecule has 4 nitrogen and oxygen atoms in total. The normalized spacial score (nSPS) is 16.8. The molecule has 96 valence electrons. The van der Waals surface area contributed by atoms with Crippen LogP contribution in [0.3, 0.4) is 0 Å². The molecule has 0 atom stereocenters. The van der Waals surface area contributed by atoms with E-state index >= 15 is 0 Å². The molecule has 0 spiro atoms. The molecule has 0 saturated heterocycles. The molecule has 1 aliphatic carbocycles. The quantitative estimate of drug-likeness (QED) is 0.863. The largest absolute Gasteiger partial charge is 0.480 e. The molecule has 0 unspecified atom stereocenters. The molecule has 1 amide bonds. The third-order valence-electron chi connectivity index (χ3n) is 3.17. The Hall–Kier alpha value is -1.98. The molecule has 0 bridgehead atoms. The summed E-state index contributed by atoms with van der Waals surface area (Å²) in [5.74, 6) is -4.47. The summed E-state index contributed by atoms with van der Waals surface area (Å²) in [4.78, 5) is 22.8. The minimum atomic E-state index is -1.34. The summed E-state index contributed by atoms with van der Waals surface area (Å²) in [7, 11) is 0. The minimum absolute atomic E-state index is 0.297. The van der Waals surface area contributed by atoms with Crippen molar-refractivity contribution in [1.29, 1.82) is 0 Å². The van der Waals surface area contributed by atoms with Gasteiger partial charge in [-0.15, -0.1) is 0 Å². The molecule has 1 aliphatic rings. The fraction of sp³-hybridized carbons (Fsp3) is 0.333. The van der Waals surface area contributed by atoms with E-state index < -0.39 is 34.6 Å². The maximum Gasteiger partial charge on any atom is 0.329 e. The van der Waals surface area contributed by atoms with Crippen LogP contribution in [-0.2, 0) is 4.79 Å². The van der Waals surface area contributed by atoms with E-state index in [1.165, 1.54) is 6.07 Å². The first-order valence-corrected chi connectivity index (χ1v) is 5.46. The molecule has 0 heterocycles. The highest BCUT2D eigenvalue weighted by Crippen LogP contribution is 2.32. The summed E-state index contributed by atoms with van der Waals surface area (Å²) < 4.78 is 26.3. The standard InChI is InChI=1S/C12H11F2NO3/c13-8-4-1-3-7(9(8)14)10(16)15-12(11(17)18)5-2-6-12/h1,3-4H,2,5-6H2,(H,15,16)(H,17,18). The van der Waals surface area contributed by atoms with E-state index in [1.807, 2.05) is 0 Å². The van der Waals surface area contributed by atoms with Crippen molar-refractivity contribution < 1.29 is 23.5 Å². The second-order valence-corrected chi connectivity index (χ2v) is 4.30. The number of nitrogens with one attached hydrogen (secondary N) is 1. The number of hydrogen-bond donors (Lipinski definition) is 2. The zero-order chi connectivity index (χ0) is 13.3. The van der Waals surface area contributed by atoms with Crippen molar-refractivity contribution in [3.8, 4) is 0 Å². The van der Waals surface area contributed by atoms with Gasteiger partial charge in [-0.3, -0.25) is 4.79 Å². The van der Waals surface area contributed by atoms with Crippen molar-refractivity contribution in [2.75, 3.05) is 0 Å². The average Bonchev–Trinajstić information content (AvgIpc) is 2.26. The summed E-state index contributed by atoms with van der Waals surface area (Å²) >= 11 is 0. The summed E-state index contributed by atoms with van der Waals surface area (Å²) in [5.41, 5.74) is -1.82. The van der Waals surface area contributed by atoms with Crippen LogP contribution in [0, 0.1) is 11.6 Å². The topological polar surface area (TPSA) is 66.4 Å². The second-order valence-electron chi connectivity index (χ2n) is 4.30. The van der Waals surface area contributed by atoms with Gasteiger partial charge in [0, 0.05) is 0 Å². The van der Waals surface area contributed by atoms with Crippen LogP contribution >= 0.6 is 0 Å². The van der Waals surface area contributed by atoms with Crippen molar-refractivity contribution in [2.24, 2.45) is 0 Å². The van der Waals surface area contributed by atoms with Crippen LogP contribution in [0.1, 0.15) is 29.6 Å². The third-order valence-corrected chi connectivity index (χ3v) is 3.17. The van der Waals surface area contributed by atoms with Crippen molar-refractivity contribution >= 4 is 11.9 Å². The van der Waals surface area contributed by atoms with Gasteiger partial charge < -0.3 is 10.4 Å². The Labute approximate surface area is 102 Å². The van der Waals surface area contributed by atoms with Crippen LogP contribution in [0.4, 0.5) is 8.78 Å². The van der Waals surface area contributed by atoms with E-state index in [2.05, 4.69) is 5.32 Å². The first kappa shape index (κ1) is 12.5. The number of hydrogen-bond acceptors (Lipinski definition) is 2. The van der Waals surface area contributed by atoms with Crippen LogP contribution in [0.25, 0.3) is 0 Å². The van der Waals surface area contributed by atoms with Crippen molar-refractivity contribution in [3.05, 3.63) is 35.4 Å². The van der Waals surface area contributed by atoms with Crippen molar-refractivity contribution in [2.45, 2.75) is 24.8 Å². The number of aliphatic carboxylic acids is 1. The maximum absolute atomic E-state index is 13.4. The van der Waals surface area contributed by atoms with Gasteiger partial charge in [-0.1, -0.05) is 6.07 Å². The van der Waals surface area contributed by atoms with Gasteiger partial charge in [0.05, 0.1) is 5.56 Å². The maximum atomic E-state index is 13.4. The molecule has 0 aromatic heterocycles. The third kappa shape index (κ3) is 1.94. The summed E-state index contributed by atoms with van der Waals surface area (Å²) in [6.45, 7) is 0. The molecule has 2 rings (SSSR count). The van der Waals surface area contributed by atoms with E-state index in [-0.39, 0.29) is 0 Å². The Morgan fingerprint density at radius 3 is 2.44 bits per heavy atom. The molecular weight excluding hydrogens is 244 g/mol. The van der Waals surface area contributed by atoms with Gasteiger partial charge in [-0.05, 0) is 31.4 Å². The Bertz CT molecular complexity index is 512. The van der Waals surface area contributed by atoms with E-state index in [4.69, 9.17) is 5.11 Å². The highest BCUT2D eigenvalue weighted by molar-refractivity contribution is 5.98. The Morgan fingerprint density at radius 2 is 1.94 bits per heavy atom. The van der Waals surface area contributed by atoms with Crippen LogP contribution < -0.4 is 5.32 Å². The van der Waals surface area contributed by atoms with E-state index in [0.29, 0.717) is 19.3 Å². The Morgan fingerprint density at radius 1 is 1.28 bits per heavy atom. The summed E-state index contributed by atoms with van der Waals surface area (Å²) in [6.07, 6.45) is 1.27. The van der Waals surface area contributed by atoms with E-state index in [9.17, 15) is 18.4 Å². The Kier molecular flexibility index (Phi) is 3.02. The molecule has 2 N–H and O–H groups in total. The van der Waals surface area contributed by atoms with E-state index in [0.717, 1.165) is 12.1 Å². The molecule has 1 saturated carbocycles. The molecule has 18 heavy (non-hydrogen) atoms. The number of halogens is 2. The molecular formula is C12H11F2NO3. The number of carboxylic acids is 1. The van der Waals surface area contributed by atoms with Gasteiger partial charge >= 0.3 is 5.97 Å². The molecule has 1 fully saturated rings. The average molecular weight is 255 g/mol. The fourth-order valence-corrected chi connectivity index (χ4v) is 1.89. The number of carboxylic acid groups (broad SMARTS) is 1. The SMILES string of the molecule is O=C(NC1(C(=O)O)CCC1)c1cccc(F)c1F. The summed E-state index contributed by atoms with van der Waals surface area (Å²) in [5, 5.41) is 11.3.